The zero-order valence-electron chi connectivity index (χ0n) is 9.76. The number of halogens is 2. The Morgan fingerprint density at radius 1 is 1.35 bits per heavy atom. The third kappa shape index (κ3) is 3.41. The summed E-state index contributed by atoms with van der Waals surface area (Å²) in [7, 11) is 0. The fourth-order valence-corrected chi connectivity index (χ4v) is 1.67. The van der Waals surface area contributed by atoms with Gasteiger partial charge in [-0.3, -0.25) is 0 Å². The number of carboxylic acids is 1. The molecule has 0 saturated heterocycles. The van der Waals surface area contributed by atoms with E-state index in [4.69, 9.17) is 5.11 Å². The van der Waals surface area contributed by atoms with Gasteiger partial charge in [0.25, 0.3) is 0 Å². The van der Waals surface area contributed by atoms with Gasteiger partial charge in [0.2, 0.25) is 0 Å². The largest absolute Gasteiger partial charge is 0.480 e. The van der Waals surface area contributed by atoms with Crippen LogP contribution in [-0.4, -0.2) is 16.6 Å². The first-order valence-corrected chi connectivity index (χ1v) is 5.35. The topological polar surface area (TPSA) is 49.3 Å². The summed E-state index contributed by atoms with van der Waals surface area (Å²) in [4.78, 5) is 11.1. The molecule has 94 valence electrons. The molecule has 0 aliphatic rings. The number of aliphatic carboxylic acids is 1. The number of anilines is 1. The predicted molar refractivity (Wildman–Crippen MR) is 60.9 cm³/mol. The molecule has 0 radical (unpaired) electrons. The van der Waals surface area contributed by atoms with Crippen LogP contribution in [0.1, 0.15) is 26.7 Å². The fraction of sp³-hybridized carbons (Fsp3) is 0.417. The van der Waals surface area contributed by atoms with Crippen LogP contribution in [0.3, 0.4) is 0 Å². The maximum atomic E-state index is 13.0. The van der Waals surface area contributed by atoms with E-state index in [1.807, 2.05) is 6.92 Å². The SMILES string of the molecule is CCCC(C)(Nc1cc(F)cc(F)c1)C(=O)O. The molecule has 0 aliphatic carbocycles. The van der Waals surface area contributed by atoms with Gasteiger partial charge in [0.1, 0.15) is 17.2 Å². The number of carbonyl (C=O) groups is 1. The van der Waals surface area contributed by atoms with Gasteiger partial charge in [-0.1, -0.05) is 13.3 Å². The Labute approximate surface area is 98.5 Å². The second-order valence-electron chi connectivity index (χ2n) is 4.17. The van der Waals surface area contributed by atoms with Gasteiger partial charge in [0, 0.05) is 11.8 Å². The lowest BCUT2D eigenvalue weighted by atomic mass is 9.96. The van der Waals surface area contributed by atoms with Gasteiger partial charge in [-0.25, -0.2) is 13.6 Å². The summed E-state index contributed by atoms with van der Waals surface area (Å²) in [6, 6.07) is 2.88. The predicted octanol–water partition coefficient (Wildman–Crippen LogP) is 3.02. The van der Waals surface area contributed by atoms with E-state index in [0.717, 1.165) is 18.2 Å². The Balaban J connectivity index is 2.97. The van der Waals surface area contributed by atoms with Crippen LogP contribution >= 0.6 is 0 Å². The molecule has 0 spiro atoms. The van der Waals surface area contributed by atoms with Crippen LogP contribution in [0.15, 0.2) is 18.2 Å². The highest BCUT2D eigenvalue weighted by Gasteiger charge is 2.32. The molecular formula is C12H15F2NO2. The smallest absolute Gasteiger partial charge is 0.329 e. The van der Waals surface area contributed by atoms with Gasteiger partial charge in [0.05, 0.1) is 0 Å². The van der Waals surface area contributed by atoms with Crippen molar-refractivity contribution in [1.82, 2.24) is 0 Å². The van der Waals surface area contributed by atoms with Gasteiger partial charge >= 0.3 is 5.97 Å². The van der Waals surface area contributed by atoms with Crippen molar-refractivity contribution in [3.05, 3.63) is 29.8 Å². The molecule has 0 fully saturated rings. The highest BCUT2D eigenvalue weighted by atomic mass is 19.1. The normalized spacial score (nSPS) is 14.1. The zero-order chi connectivity index (χ0) is 13.1. The van der Waals surface area contributed by atoms with E-state index in [0.29, 0.717) is 12.8 Å². The van der Waals surface area contributed by atoms with Crippen LogP contribution in [-0.2, 0) is 4.79 Å². The molecule has 0 aromatic heterocycles. The van der Waals surface area contributed by atoms with Crippen LogP contribution < -0.4 is 5.32 Å². The van der Waals surface area contributed by atoms with Gasteiger partial charge in [-0.15, -0.1) is 0 Å². The number of carboxylic acid groups (broad SMARTS) is 1. The van der Waals surface area contributed by atoms with E-state index in [1.165, 1.54) is 6.92 Å². The quantitative estimate of drug-likeness (QED) is 0.835. The van der Waals surface area contributed by atoms with Crippen molar-refractivity contribution < 1.29 is 18.7 Å². The van der Waals surface area contributed by atoms with Crippen LogP contribution in [0.4, 0.5) is 14.5 Å². The monoisotopic (exact) mass is 243 g/mol. The molecule has 1 aromatic rings. The molecule has 1 aromatic carbocycles. The van der Waals surface area contributed by atoms with Crippen molar-refractivity contribution in [2.45, 2.75) is 32.2 Å². The second-order valence-corrected chi connectivity index (χ2v) is 4.17. The van der Waals surface area contributed by atoms with E-state index < -0.39 is 23.1 Å². The van der Waals surface area contributed by atoms with E-state index in [2.05, 4.69) is 5.32 Å². The van der Waals surface area contributed by atoms with Crippen LogP contribution in [0.5, 0.6) is 0 Å². The molecule has 5 heteroatoms. The van der Waals surface area contributed by atoms with Gasteiger partial charge in [-0.05, 0) is 25.5 Å². The summed E-state index contributed by atoms with van der Waals surface area (Å²) in [5, 5.41) is 11.8. The first-order chi connectivity index (χ1) is 7.87. The molecule has 0 bridgehead atoms. The molecule has 0 amide bonds. The van der Waals surface area contributed by atoms with E-state index >= 15 is 0 Å². The number of hydrogen-bond donors (Lipinski definition) is 2. The fourth-order valence-electron chi connectivity index (χ4n) is 1.67. The summed E-state index contributed by atoms with van der Waals surface area (Å²) < 4.78 is 25.9. The van der Waals surface area contributed by atoms with Crippen molar-refractivity contribution in [3.63, 3.8) is 0 Å². The summed E-state index contributed by atoms with van der Waals surface area (Å²) >= 11 is 0. The lowest BCUT2D eigenvalue weighted by Gasteiger charge is -2.27. The third-order valence-corrected chi connectivity index (χ3v) is 2.50. The Morgan fingerprint density at radius 3 is 2.29 bits per heavy atom. The molecule has 1 unspecified atom stereocenters. The number of nitrogens with one attached hydrogen (secondary N) is 1. The summed E-state index contributed by atoms with van der Waals surface area (Å²) in [6.07, 6.45) is 1.01. The molecule has 2 N–H and O–H groups in total. The minimum atomic E-state index is -1.23. The summed E-state index contributed by atoms with van der Waals surface area (Å²) in [6.45, 7) is 3.33. The minimum absolute atomic E-state index is 0.126. The van der Waals surface area contributed by atoms with Crippen LogP contribution in [0.25, 0.3) is 0 Å². The Kier molecular flexibility index (Phi) is 4.04. The van der Waals surface area contributed by atoms with E-state index in [9.17, 15) is 13.6 Å². The average molecular weight is 243 g/mol. The highest BCUT2D eigenvalue weighted by molar-refractivity contribution is 5.82. The van der Waals surface area contributed by atoms with Gasteiger partial charge < -0.3 is 10.4 Å². The summed E-state index contributed by atoms with van der Waals surface area (Å²) in [5.41, 5.74) is -1.10. The third-order valence-electron chi connectivity index (χ3n) is 2.50. The van der Waals surface area contributed by atoms with Crippen molar-refractivity contribution in [3.8, 4) is 0 Å². The molecule has 0 heterocycles. The lowest BCUT2D eigenvalue weighted by molar-refractivity contribution is -0.141. The van der Waals surface area contributed by atoms with Gasteiger partial charge in [0.15, 0.2) is 0 Å². The Hall–Kier alpha value is -1.65. The van der Waals surface area contributed by atoms with Crippen molar-refractivity contribution in [1.29, 1.82) is 0 Å². The molecule has 3 nitrogen and oxygen atoms in total. The lowest BCUT2D eigenvalue weighted by Crippen LogP contribution is -2.43. The van der Waals surface area contributed by atoms with Crippen LogP contribution in [0, 0.1) is 11.6 Å². The standard InChI is InChI=1S/C12H15F2NO2/c1-3-4-12(2,11(16)17)15-10-6-8(13)5-9(14)7-10/h5-7,15H,3-4H2,1-2H3,(H,16,17). The Morgan fingerprint density at radius 2 is 1.88 bits per heavy atom. The zero-order valence-corrected chi connectivity index (χ0v) is 9.76. The number of rotatable bonds is 5. The molecule has 1 atom stereocenters. The van der Waals surface area contributed by atoms with Gasteiger partial charge in [-0.2, -0.15) is 0 Å². The Bertz CT molecular complexity index is 403. The number of benzene rings is 1. The minimum Gasteiger partial charge on any atom is -0.480 e. The number of hydrogen-bond acceptors (Lipinski definition) is 2. The highest BCUT2D eigenvalue weighted by Crippen LogP contribution is 2.22. The molecule has 17 heavy (non-hydrogen) atoms. The average Bonchev–Trinajstić information content (AvgIpc) is 2.15. The maximum absolute atomic E-state index is 13.0. The van der Waals surface area contributed by atoms with Crippen molar-refractivity contribution in [2.24, 2.45) is 0 Å². The van der Waals surface area contributed by atoms with E-state index in [-0.39, 0.29) is 5.69 Å². The molecule has 1 rings (SSSR count). The summed E-state index contributed by atoms with van der Waals surface area (Å²) in [5.74, 6) is -2.53. The van der Waals surface area contributed by atoms with Crippen molar-refractivity contribution >= 4 is 11.7 Å². The first-order valence-electron chi connectivity index (χ1n) is 5.35. The first kappa shape index (κ1) is 13.4. The van der Waals surface area contributed by atoms with Crippen molar-refractivity contribution in [2.75, 3.05) is 5.32 Å². The molecule has 0 saturated carbocycles. The maximum Gasteiger partial charge on any atom is 0.329 e. The molecule has 0 aliphatic heterocycles. The van der Waals surface area contributed by atoms with Crippen LogP contribution in [0.2, 0.25) is 0 Å². The van der Waals surface area contributed by atoms with E-state index in [1.54, 1.807) is 0 Å². The molecular weight excluding hydrogens is 228 g/mol. The second kappa shape index (κ2) is 5.12.